The molecule has 3 aromatic rings. The van der Waals surface area contributed by atoms with Crippen LogP contribution in [0.5, 0.6) is 0 Å². The number of benzene rings is 2. The number of nitrogens with zero attached hydrogens (tertiary/aromatic N) is 1. The second-order valence-corrected chi connectivity index (χ2v) is 7.66. The molecule has 1 N–H and O–H groups in total. The lowest BCUT2D eigenvalue weighted by atomic mass is 10.2. The molecule has 1 aromatic heterocycles. The first-order valence-electron chi connectivity index (χ1n) is 6.30. The number of hydrogen-bond donors (Lipinski definition) is 1. The van der Waals surface area contributed by atoms with Crippen LogP contribution < -0.4 is 4.72 Å². The Kier molecular flexibility index (Phi) is 4.06. The van der Waals surface area contributed by atoms with Crippen LogP contribution >= 0.6 is 27.5 Å². The smallest absolute Gasteiger partial charge is 0.262 e. The van der Waals surface area contributed by atoms with Gasteiger partial charge in [-0.15, -0.1) is 0 Å². The van der Waals surface area contributed by atoms with E-state index in [-0.39, 0.29) is 16.1 Å². The van der Waals surface area contributed by atoms with Crippen molar-refractivity contribution in [2.75, 3.05) is 4.72 Å². The normalized spacial score (nSPS) is 11.3. The molecular formula is C15H8BrClN2O3S. The zero-order chi connectivity index (χ0) is 16.6. The van der Waals surface area contributed by atoms with Gasteiger partial charge in [0.2, 0.25) is 0 Å². The van der Waals surface area contributed by atoms with E-state index in [0.717, 1.165) is 0 Å². The summed E-state index contributed by atoms with van der Waals surface area (Å²) in [5.41, 5.74) is 0.850. The van der Waals surface area contributed by atoms with E-state index in [1.165, 1.54) is 30.5 Å². The van der Waals surface area contributed by atoms with E-state index < -0.39 is 10.0 Å². The van der Waals surface area contributed by atoms with Crippen LogP contribution in [0.25, 0.3) is 11.0 Å². The fourth-order valence-electron chi connectivity index (χ4n) is 2.09. The molecule has 116 valence electrons. The number of nitrogens with one attached hydrogen (secondary N) is 1. The summed E-state index contributed by atoms with van der Waals surface area (Å²) < 4.78 is 33.4. The molecule has 0 saturated heterocycles. The van der Waals surface area contributed by atoms with E-state index >= 15 is 0 Å². The van der Waals surface area contributed by atoms with Gasteiger partial charge in [-0.3, -0.25) is 4.72 Å². The summed E-state index contributed by atoms with van der Waals surface area (Å²) in [7, 11) is -3.88. The van der Waals surface area contributed by atoms with E-state index in [1.54, 1.807) is 12.1 Å². The summed E-state index contributed by atoms with van der Waals surface area (Å²) in [6.07, 6.45) is 1.43. The maximum absolute atomic E-state index is 12.6. The molecule has 0 fully saturated rings. The Balaban J connectivity index is 2.08. The average Bonchev–Trinajstić information content (AvgIpc) is 3.00. The van der Waals surface area contributed by atoms with Gasteiger partial charge in [-0.1, -0.05) is 27.5 Å². The Morgan fingerprint density at radius 3 is 2.74 bits per heavy atom. The number of fused-ring (bicyclic) bond motifs is 1. The third-order valence-electron chi connectivity index (χ3n) is 3.12. The van der Waals surface area contributed by atoms with E-state index in [9.17, 15) is 8.42 Å². The van der Waals surface area contributed by atoms with Crippen molar-refractivity contribution in [1.29, 1.82) is 5.26 Å². The maximum atomic E-state index is 12.6. The van der Waals surface area contributed by atoms with Crippen LogP contribution in [0.3, 0.4) is 0 Å². The van der Waals surface area contributed by atoms with Crippen molar-refractivity contribution in [2.24, 2.45) is 0 Å². The minimum absolute atomic E-state index is 0.0296. The van der Waals surface area contributed by atoms with Crippen LogP contribution in [-0.4, -0.2) is 8.42 Å². The van der Waals surface area contributed by atoms with Crippen molar-refractivity contribution in [3.8, 4) is 6.07 Å². The first-order chi connectivity index (χ1) is 10.9. The largest absolute Gasteiger partial charge is 0.462 e. The number of rotatable bonds is 3. The number of furan rings is 1. The van der Waals surface area contributed by atoms with Gasteiger partial charge in [-0.05, 0) is 36.4 Å². The van der Waals surface area contributed by atoms with Crippen LogP contribution in [0.4, 0.5) is 5.69 Å². The highest BCUT2D eigenvalue weighted by atomic mass is 79.9. The van der Waals surface area contributed by atoms with Crippen molar-refractivity contribution >= 4 is 54.2 Å². The van der Waals surface area contributed by atoms with Crippen LogP contribution in [0, 0.1) is 11.3 Å². The van der Waals surface area contributed by atoms with Gasteiger partial charge in [0.15, 0.2) is 5.58 Å². The second kappa shape index (κ2) is 5.89. The third kappa shape index (κ3) is 3.06. The van der Waals surface area contributed by atoms with Gasteiger partial charge in [0, 0.05) is 9.86 Å². The Labute approximate surface area is 145 Å². The molecule has 0 saturated carbocycles. The molecule has 3 rings (SSSR count). The summed E-state index contributed by atoms with van der Waals surface area (Å²) in [5.74, 6) is 0. The lowest BCUT2D eigenvalue weighted by molar-refractivity contribution is 0.599. The molecule has 5 nitrogen and oxygen atoms in total. The van der Waals surface area contributed by atoms with Crippen molar-refractivity contribution in [1.82, 2.24) is 0 Å². The summed E-state index contributed by atoms with van der Waals surface area (Å²) in [6, 6.07) is 10.9. The predicted molar refractivity (Wildman–Crippen MR) is 90.9 cm³/mol. The van der Waals surface area contributed by atoms with E-state index in [1.807, 2.05) is 6.07 Å². The van der Waals surface area contributed by atoms with Crippen molar-refractivity contribution in [3.63, 3.8) is 0 Å². The molecule has 0 unspecified atom stereocenters. The van der Waals surface area contributed by atoms with Gasteiger partial charge in [0.25, 0.3) is 10.0 Å². The van der Waals surface area contributed by atoms with E-state index in [0.29, 0.717) is 20.5 Å². The van der Waals surface area contributed by atoms with Crippen molar-refractivity contribution in [2.45, 2.75) is 4.90 Å². The summed E-state index contributed by atoms with van der Waals surface area (Å²) >= 11 is 9.24. The van der Waals surface area contributed by atoms with Gasteiger partial charge in [0.05, 0.1) is 33.5 Å². The molecule has 23 heavy (non-hydrogen) atoms. The number of nitriles is 1. The molecule has 0 aliphatic heterocycles. The predicted octanol–water partition coefficient (Wildman–Crippen LogP) is 4.52. The van der Waals surface area contributed by atoms with Gasteiger partial charge < -0.3 is 4.42 Å². The lowest BCUT2D eigenvalue weighted by Crippen LogP contribution is -2.13. The monoisotopic (exact) mass is 410 g/mol. The minimum atomic E-state index is -3.88. The molecular weight excluding hydrogens is 404 g/mol. The van der Waals surface area contributed by atoms with Crippen LogP contribution in [0.2, 0.25) is 5.02 Å². The molecule has 0 bridgehead atoms. The van der Waals surface area contributed by atoms with Crippen LogP contribution in [0.15, 0.2) is 56.4 Å². The molecule has 0 atom stereocenters. The van der Waals surface area contributed by atoms with Gasteiger partial charge >= 0.3 is 0 Å². The number of hydrogen-bond acceptors (Lipinski definition) is 4. The van der Waals surface area contributed by atoms with E-state index in [2.05, 4.69) is 20.7 Å². The second-order valence-electron chi connectivity index (χ2n) is 4.65. The van der Waals surface area contributed by atoms with Gasteiger partial charge in [-0.25, -0.2) is 8.42 Å². The molecule has 0 spiro atoms. The first kappa shape index (κ1) is 15.9. The fraction of sp³-hybridized carbons (Fsp3) is 0. The fourth-order valence-corrected chi connectivity index (χ4v) is 4.08. The lowest BCUT2D eigenvalue weighted by Gasteiger charge is -2.09. The van der Waals surface area contributed by atoms with Crippen LogP contribution in [0.1, 0.15) is 5.56 Å². The van der Waals surface area contributed by atoms with Crippen LogP contribution in [-0.2, 0) is 10.0 Å². The topological polar surface area (TPSA) is 83.1 Å². The molecule has 0 aliphatic rings. The standard InChI is InChI=1S/C15H8BrClN2O3S/c16-10-5-9(8-18)6-11(7-10)23(20,21)19-14-2-1-13(17)12-3-4-22-15(12)14/h1-7,19H. The highest BCUT2D eigenvalue weighted by Crippen LogP contribution is 2.32. The molecule has 0 aliphatic carbocycles. The molecule has 0 radical (unpaired) electrons. The molecule has 8 heteroatoms. The highest BCUT2D eigenvalue weighted by molar-refractivity contribution is 9.10. The number of anilines is 1. The Bertz CT molecular complexity index is 1050. The van der Waals surface area contributed by atoms with Gasteiger partial charge in [0.1, 0.15) is 0 Å². The van der Waals surface area contributed by atoms with Crippen molar-refractivity contribution in [3.05, 3.63) is 57.7 Å². The summed E-state index contributed by atoms with van der Waals surface area (Å²) in [6.45, 7) is 0. The number of halogens is 2. The highest BCUT2D eigenvalue weighted by Gasteiger charge is 2.19. The zero-order valence-corrected chi connectivity index (χ0v) is 14.5. The Morgan fingerprint density at radius 1 is 1.22 bits per heavy atom. The summed E-state index contributed by atoms with van der Waals surface area (Å²) in [5, 5.41) is 10.0. The number of sulfonamides is 1. The molecule has 2 aromatic carbocycles. The third-order valence-corrected chi connectivity index (χ3v) is 5.25. The van der Waals surface area contributed by atoms with Crippen molar-refractivity contribution < 1.29 is 12.8 Å². The van der Waals surface area contributed by atoms with E-state index in [4.69, 9.17) is 21.3 Å². The van der Waals surface area contributed by atoms with Gasteiger partial charge in [-0.2, -0.15) is 5.26 Å². The summed E-state index contributed by atoms with van der Waals surface area (Å²) in [4.78, 5) is -0.0296. The quantitative estimate of drug-likeness (QED) is 0.687. The zero-order valence-electron chi connectivity index (χ0n) is 11.4. The minimum Gasteiger partial charge on any atom is -0.462 e. The molecule has 0 amide bonds. The maximum Gasteiger partial charge on any atom is 0.262 e. The first-order valence-corrected chi connectivity index (χ1v) is 8.95. The average molecular weight is 412 g/mol. The Morgan fingerprint density at radius 2 is 2.00 bits per heavy atom. The SMILES string of the molecule is N#Cc1cc(Br)cc(S(=O)(=O)Nc2ccc(Cl)c3ccoc23)c1. The molecule has 1 heterocycles. The Hall–Kier alpha value is -2.01.